The first kappa shape index (κ1) is 10.0. The summed E-state index contributed by atoms with van der Waals surface area (Å²) in [6, 6.07) is 4.64. The summed E-state index contributed by atoms with van der Waals surface area (Å²) in [6.45, 7) is 3.50. The quantitative estimate of drug-likeness (QED) is 0.639. The average molecular weight is 181 g/mol. The molecular weight excluding hydrogens is 166 g/mol. The van der Waals surface area contributed by atoms with Crippen molar-refractivity contribution in [1.82, 2.24) is 0 Å². The maximum absolute atomic E-state index is 9.29. The molecule has 1 unspecified atom stereocenters. The van der Waals surface area contributed by atoms with Gasteiger partial charge in [0.05, 0.1) is 12.1 Å². The number of hydrogen-bond acceptors (Lipinski definition) is 3. The number of rotatable bonds is 2. The van der Waals surface area contributed by atoms with E-state index in [1.807, 2.05) is 13.0 Å². The van der Waals surface area contributed by atoms with Crippen LogP contribution in [0.1, 0.15) is 24.1 Å². The van der Waals surface area contributed by atoms with Gasteiger partial charge in [-0.25, -0.2) is 0 Å². The second-order valence-corrected chi connectivity index (χ2v) is 3.37. The van der Waals surface area contributed by atoms with Crippen LogP contribution in [0.2, 0.25) is 0 Å². The molecule has 1 aromatic rings. The molecule has 0 aliphatic heterocycles. The second kappa shape index (κ2) is 3.77. The van der Waals surface area contributed by atoms with E-state index in [2.05, 4.69) is 0 Å². The van der Waals surface area contributed by atoms with Crippen molar-refractivity contribution in [3.63, 3.8) is 0 Å². The van der Waals surface area contributed by atoms with Crippen molar-refractivity contribution < 1.29 is 10.2 Å². The number of aryl methyl sites for hydroxylation is 1. The van der Waals surface area contributed by atoms with Crippen LogP contribution in [0.25, 0.3) is 0 Å². The van der Waals surface area contributed by atoms with Gasteiger partial charge in [-0.3, -0.25) is 0 Å². The van der Waals surface area contributed by atoms with E-state index in [-0.39, 0.29) is 5.75 Å². The average Bonchev–Trinajstić information content (AvgIpc) is 2.01. The van der Waals surface area contributed by atoms with Crippen LogP contribution in [0.4, 0.5) is 0 Å². The van der Waals surface area contributed by atoms with E-state index in [1.165, 1.54) is 0 Å². The highest BCUT2D eigenvalue weighted by Crippen LogP contribution is 2.21. The van der Waals surface area contributed by atoms with Crippen LogP contribution in [0.15, 0.2) is 18.2 Å². The van der Waals surface area contributed by atoms with Gasteiger partial charge in [-0.2, -0.15) is 0 Å². The third kappa shape index (κ3) is 2.44. The molecule has 4 N–H and O–H groups in total. The minimum absolute atomic E-state index is 0.186. The van der Waals surface area contributed by atoms with E-state index in [1.54, 1.807) is 19.1 Å². The third-order valence-electron chi connectivity index (χ3n) is 1.99. The number of nitrogens with two attached hydrogens (primary N) is 1. The van der Waals surface area contributed by atoms with Crippen molar-refractivity contribution in [3.05, 3.63) is 29.3 Å². The monoisotopic (exact) mass is 181 g/mol. The van der Waals surface area contributed by atoms with Crippen LogP contribution in [0.5, 0.6) is 5.75 Å². The molecule has 0 spiro atoms. The van der Waals surface area contributed by atoms with Crippen LogP contribution in [0.3, 0.4) is 0 Å². The van der Waals surface area contributed by atoms with Crippen LogP contribution in [0, 0.1) is 6.92 Å². The minimum Gasteiger partial charge on any atom is -0.508 e. The zero-order valence-corrected chi connectivity index (χ0v) is 7.86. The van der Waals surface area contributed by atoms with E-state index in [4.69, 9.17) is 5.73 Å². The molecular formula is C10H15NO2. The number of aliphatic hydroxyl groups excluding tert-OH is 1. The van der Waals surface area contributed by atoms with Crippen molar-refractivity contribution in [1.29, 1.82) is 0 Å². The zero-order chi connectivity index (χ0) is 10.0. The molecule has 3 nitrogen and oxygen atoms in total. The molecule has 0 saturated carbocycles. The highest BCUT2D eigenvalue weighted by Gasteiger charge is 2.12. The topological polar surface area (TPSA) is 66.5 Å². The lowest BCUT2D eigenvalue weighted by atomic mass is 10.0. The standard InChI is InChI=1S/C10H15NO2/c1-6-3-8(5-9(13)4-6)10(11)7(2)12/h3-5,7,10,12-13H,11H2,1-2H3/t7?,10-/m1/s1. The van der Waals surface area contributed by atoms with E-state index < -0.39 is 12.1 Å². The van der Waals surface area contributed by atoms with Gasteiger partial charge in [-0.05, 0) is 37.1 Å². The Morgan fingerprint density at radius 1 is 1.31 bits per heavy atom. The molecule has 0 radical (unpaired) electrons. The number of hydrogen-bond donors (Lipinski definition) is 3. The van der Waals surface area contributed by atoms with E-state index in [0.717, 1.165) is 11.1 Å². The fourth-order valence-electron chi connectivity index (χ4n) is 1.26. The summed E-state index contributed by atoms with van der Waals surface area (Å²) in [5, 5.41) is 18.5. The van der Waals surface area contributed by atoms with Gasteiger partial charge in [0.25, 0.3) is 0 Å². The van der Waals surface area contributed by atoms with E-state index in [0.29, 0.717) is 0 Å². The Hall–Kier alpha value is -1.06. The Morgan fingerprint density at radius 3 is 2.38 bits per heavy atom. The molecule has 0 fully saturated rings. The molecule has 3 heteroatoms. The fourth-order valence-corrected chi connectivity index (χ4v) is 1.26. The Balaban J connectivity index is 3.01. The van der Waals surface area contributed by atoms with Gasteiger partial charge in [0, 0.05) is 0 Å². The molecule has 0 heterocycles. The zero-order valence-electron chi connectivity index (χ0n) is 7.86. The maximum Gasteiger partial charge on any atom is 0.116 e. The van der Waals surface area contributed by atoms with Crippen LogP contribution >= 0.6 is 0 Å². The predicted octanol–water partition coefficient (Wildman–Crippen LogP) is 1.08. The number of aliphatic hydroxyl groups is 1. The first-order chi connectivity index (χ1) is 6.00. The summed E-state index contributed by atoms with van der Waals surface area (Å²) in [4.78, 5) is 0. The minimum atomic E-state index is -0.610. The molecule has 0 aliphatic rings. The van der Waals surface area contributed by atoms with Crippen molar-refractivity contribution in [3.8, 4) is 5.75 Å². The summed E-state index contributed by atoms with van der Waals surface area (Å²) in [7, 11) is 0. The largest absolute Gasteiger partial charge is 0.508 e. The Kier molecular flexibility index (Phi) is 2.90. The SMILES string of the molecule is Cc1cc(O)cc([C@H](N)C(C)O)c1. The Bertz CT molecular complexity index is 277. The van der Waals surface area contributed by atoms with Gasteiger partial charge in [-0.1, -0.05) is 6.07 Å². The second-order valence-electron chi connectivity index (χ2n) is 3.37. The van der Waals surface area contributed by atoms with Gasteiger partial charge < -0.3 is 15.9 Å². The lowest BCUT2D eigenvalue weighted by Crippen LogP contribution is -2.23. The normalized spacial score (nSPS) is 15.4. The van der Waals surface area contributed by atoms with Gasteiger partial charge >= 0.3 is 0 Å². The first-order valence-electron chi connectivity index (χ1n) is 4.25. The summed E-state index contributed by atoms with van der Waals surface area (Å²) >= 11 is 0. The summed E-state index contributed by atoms with van der Waals surface area (Å²) in [6.07, 6.45) is -0.610. The third-order valence-corrected chi connectivity index (χ3v) is 1.99. The molecule has 1 aromatic carbocycles. The highest BCUT2D eigenvalue weighted by atomic mass is 16.3. The summed E-state index contributed by atoms with van der Waals surface area (Å²) < 4.78 is 0. The molecule has 0 saturated heterocycles. The van der Waals surface area contributed by atoms with Crippen LogP contribution < -0.4 is 5.73 Å². The molecule has 72 valence electrons. The van der Waals surface area contributed by atoms with Crippen LogP contribution in [-0.2, 0) is 0 Å². The lowest BCUT2D eigenvalue weighted by Gasteiger charge is -2.15. The van der Waals surface area contributed by atoms with Crippen molar-refractivity contribution in [2.75, 3.05) is 0 Å². The molecule has 2 atom stereocenters. The number of phenols is 1. The van der Waals surface area contributed by atoms with E-state index >= 15 is 0 Å². The Morgan fingerprint density at radius 2 is 1.92 bits per heavy atom. The van der Waals surface area contributed by atoms with Gasteiger partial charge in [0.1, 0.15) is 5.75 Å². The molecule has 13 heavy (non-hydrogen) atoms. The predicted molar refractivity (Wildman–Crippen MR) is 51.5 cm³/mol. The van der Waals surface area contributed by atoms with Gasteiger partial charge in [0.15, 0.2) is 0 Å². The van der Waals surface area contributed by atoms with E-state index in [9.17, 15) is 10.2 Å². The van der Waals surface area contributed by atoms with Crippen molar-refractivity contribution in [2.45, 2.75) is 26.0 Å². The van der Waals surface area contributed by atoms with Crippen molar-refractivity contribution in [2.24, 2.45) is 5.73 Å². The van der Waals surface area contributed by atoms with Crippen molar-refractivity contribution >= 4 is 0 Å². The number of aromatic hydroxyl groups is 1. The smallest absolute Gasteiger partial charge is 0.116 e. The maximum atomic E-state index is 9.29. The molecule has 0 amide bonds. The summed E-state index contributed by atoms with van der Waals surface area (Å²) in [5.41, 5.74) is 7.41. The molecule has 0 aliphatic carbocycles. The fraction of sp³-hybridized carbons (Fsp3) is 0.400. The van der Waals surface area contributed by atoms with Gasteiger partial charge in [0.2, 0.25) is 0 Å². The molecule has 0 aromatic heterocycles. The lowest BCUT2D eigenvalue weighted by molar-refractivity contribution is 0.164. The first-order valence-corrected chi connectivity index (χ1v) is 4.25. The molecule has 1 rings (SSSR count). The Labute approximate surface area is 77.8 Å². The highest BCUT2D eigenvalue weighted by molar-refractivity contribution is 5.34. The number of benzene rings is 1. The molecule has 0 bridgehead atoms. The summed E-state index contributed by atoms with van der Waals surface area (Å²) in [5.74, 6) is 0.186. The number of phenolic OH excluding ortho intramolecular Hbond substituents is 1. The van der Waals surface area contributed by atoms with Gasteiger partial charge in [-0.15, -0.1) is 0 Å². The van der Waals surface area contributed by atoms with Crippen LogP contribution in [-0.4, -0.2) is 16.3 Å².